The second kappa shape index (κ2) is 8.14. The average Bonchev–Trinajstić information content (AvgIpc) is 3.10. The monoisotopic (exact) mass is 310 g/mol. The number of hydrogen-bond acceptors (Lipinski definition) is 4. The van der Waals surface area contributed by atoms with Crippen LogP contribution in [0.15, 0.2) is 17.5 Å². The van der Waals surface area contributed by atoms with Crippen LogP contribution in [0.3, 0.4) is 0 Å². The van der Waals surface area contributed by atoms with Crippen LogP contribution in [0.4, 0.5) is 0 Å². The van der Waals surface area contributed by atoms with Crippen molar-refractivity contribution in [2.24, 2.45) is 0 Å². The van der Waals surface area contributed by atoms with Crippen molar-refractivity contribution in [1.29, 1.82) is 0 Å². The van der Waals surface area contributed by atoms with Gasteiger partial charge in [-0.15, -0.1) is 11.3 Å². The average molecular weight is 310 g/mol. The van der Waals surface area contributed by atoms with E-state index in [1.54, 1.807) is 16.2 Å². The van der Waals surface area contributed by atoms with Crippen molar-refractivity contribution < 1.29 is 14.3 Å². The third kappa shape index (κ3) is 4.54. The lowest BCUT2D eigenvalue weighted by Crippen LogP contribution is -2.44. The molecule has 1 N–H and O–H groups in total. The molecule has 1 atom stereocenters. The summed E-state index contributed by atoms with van der Waals surface area (Å²) in [6.07, 6.45) is 1.87. The van der Waals surface area contributed by atoms with Crippen molar-refractivity contribution >= 4 is 23.2 Å². The van der Waals surface area contributed by atoms with Crippen LogP contribution >= 0.6 is 11.3 Å². The van der Waals surface area contributed by atoms with E-state index in [0.29, 0.717) is 39.1 Å². The van der Waals surface area contributed by atoms with E-state index in [9.17, 15) is 9.59 Å². The Balaban J connectivity index is 1.82. The van der Waals surface area contributed by atoms with E-state index in [-0.39, 0.29) is 17.9 Å². The second-order valence-electron chi connectivity index (χ2n) is 5.00. The van der Waals surface area contributed by atoms with E-state index in [4.69, 9.17) is 4.74 Å². The summed E-state index contributed by atoms with van der Waals surface area (Å²) in [6.45, 7) is 4.42. The number of likely N-dealkylation sites (tertiary alicyclic amines) is 1. The van der Waals surface area contributed by atoms with E-state index in [2.05, 4.69) is 5.32 Å². The Bertz CT molecular complexity index is 461. The number of ether oxygens (including phenoxy) is 1. The van der Waals surface area contributed by atoms with Crippen molar-refractivity contribution in [3.05, 3.63) is 22.4 Å². The van der Waals surface area contributed by atoms with Crippen molar-refractivity contribution in [1.82, 2.24) is 10.2 Å². The van der Waals surface area contributed by atoms with Gasteiger partial charge in [-0.25, -0.2) is 0 Å². The molecule has 1 aromatic heterocycles. The minimum atomic E-state index is -0.327. The Morgan fingerprint density at radius 3 is 3.14 bits per heavy atom. The Morgan fingerprint density at radius 2 is 2.43 bits per heavy atom. The number of nitrogens with zero attached hydrogens (tertiary/aromatic N) is 1. The molecular weight excluding hydrogens is 288 g/mol. The fourth-order valence-corrected chi connectivity index (χ4v) is 3.13. The van der Waals surface area contributed by atoms with Crippen LogP contribution in [0, 0.1) is 0 Å². The highest BCUT2D eigenvalue weighted by molar-refractivity contribution is 7.09. The first-order chi connectivity index (χ1) is 10.2. The number of thiophene rings is 1. The molecule has 21 heavy (non-hydrogen) atoms. The summed E-state index contributed by atoms with van der Waals surface area (Å²) in [5.41, 5.74) is 0. The van der Waals surface area contributed by atoms with Crippen LogP contribution < -0.4 is 5.32 Å². The van der Waals surface area contributed by atoms with Crippen LogP contribution in [0.2, 0.25) is 0 Å². The minimum absolute atomic E-state index is 0.0473. The van der Waals surface area contributed by atoms with Crippen LogP contribution in [0.25, 0.3) is 0 Å². The van der Waals surface area contributed by atoms with Gasteiger partial charge in [0.05, 0.1) is 6.54 Å². The normalized spacial score (nSPS) is 18.2. The largest absolute Gasteiger partial charge is 0.382 e. The van der Waals surface area contributed by atoms with Gasteiger partial charge in [0.25, 0.3) is 0 Å². The molecule has 2 amide bonds. The summed E-state index contributed by atoms with van der Waals surface area (Å²) in [4.78, 5) is 27.0. The number of amides is 2. The molecule has 2 rings (SSSR count). The summed E-state index contributed by atoms with van der Waals surface area (Å²) >= 11 is 1.61. The fourth-order valence-electron chi connectivity index (χ4n) is 2.42. The standard InChI is InChI=1S/C15H22N2O3S/c1-2-20-9-4-8-16-15(19)13-6-7-14(18)17(13)11-12-5-3-10-21-12/h3,5,10,13H,2,4,6-9,11H2,1H3,(H,16,19)/t13-/m1/s1. The first-order valence-corrected chi connectivity index (χ1v) is 8.27. The molecule has 6 heteroatoms. The quantitative estimate of drug-likeness (QED) is 0.745. The molecule has 0 radical (unpaired) electrons. The molecule has 1 fully saturated rings. The van der Waals surface area contributed by atoms with Crippen molar-refractivity contribution in [2.75, 3.05) is 19.8 Å². The molecule has 5 nitrogen and oxygen atoms in total. The molecule has 0 bridgehead atoms. The zero-order valence-corrected chi connectivity index (χ0v) is 13.2. The summed E-state index contributed by atoms with van der Waals surface area (Å²) in [7, 11) is 0. The van der Waals surface area contributed by atoms with Gasteiger partial charge in [0.15, 0.2) is 0 Å². The zero-order chi connectivity index (χ0) is 15.1. The van der Waals surface area contributed by atoms with Gasteiger partial charge in [0.2, 0.25) is 11.8 Å². The SMILES string of the molecule is CCOCCCNC(=O)[C@H]1CCC(=O)N1Cc1cccs1. The third-order valence-electron chi connectivity index (χ3n) is 3.51. The summed E-state index contributed by atoms with van der Waals surface area (Å²) < 4.78 is 5.23. The molecule has 0 spiro atoms. The number of carbonyl (C=O) groups excluding carboxylic acids is 2. The van der Waals surface area contributed by atoms with E-state index in [0.717, 1.165) is 11.3 Å². The third-order valence-corrected chi connectivity index (χ3v) is 4.37. The lowest BCUT2D eigenvalue weighted by Gasteiger charge is -2.23. The first kappa shape index (κ1) is 16.0. The van der Waals surface area contributed by atoms with Gasteiger partial charge in [-0.2, -0.15) is 0 Å². The Hall–Kier alpha value is -1.40. The number of nitrogens with one attached hydrogen (secondary N) is 1. The lowest BCUT2D eigenvalue weighted by atomic mass is 10.2. The molecule has 1 aliphatic rings. The highest BCUT2D eigenvalue weighted by Gasteiger charge is 2.35. The molecule has 2 heterocycles. The summed E-state index contributed by atoms with van der Waals surface area (Å²) in [5, 5.41) is 4.89. The van der Waals surface area contributed by atoms with Crippen LogP contribution in [-0.4, -0.2) is 42.5 Å². The van der Waals surface area contributed by atoms with E-state index < -0.39 is 0 Å². The zero-order valence-electron chi connectivity index (χ0n) is 12.3. The molecule has 1 saturated heterocycles. The van der Waals surface area contributed by atoms with Gasteiger partial charge >= 0.3 is 0 Å². The number of hydrogen-bond donors (Lipinski definition) is 1. The molecule has 1 aliphatic heterocycles. The lowest BCUT2D eigenvalue weighted by molar-refractivity contribution is -0.135. The van der Waals surface area contributed by atoms with Crippen molar-refractivity contribution in [3.63, 3.8) is 0 Å². The maximum atomic E-state index is 12.2. The maximum absolute atomic E-state index is 12.2. The van der Waals surface area contributed by atoms with Crippen molar-refractivity contribution in [2.45, 2.75) is 38.8 Å². The Labute approximate surface area is 129 Å². The predicted octanol–water partition coefficient (Wildman–Crippen LogP) is 1.78. The van der Waals surface area contributed by atoms with E-state index in [1.165, 1.54) is 0 Å². The highest BCUT2D eigenvalue weighted by Crippen LogP contribution is 2.23. The molecule has 0 aromatic carbocycles. The van der Waals surface area contributed by atoms with Gasteiger partial charge in [0.1, 0.15) is 6.04 Å². The molecule has 0 saturated carbocycles. The Morgan fingerprint density at radius 1 is 1.57 bits per heavy atom. The second-order valence-corrected chi connectivity index (χ2v) is 6.03. The summed E-state index contributed by atoms with van der Waals surface area (Å²) in [6, 6.07) is 3.63. The number of rotatable bonds is 8. The van der Waals surface area contributed by atoms with Gasteiger partial charge in [-0.1, -0.05) is 6.07 Å². The van der Waals surface area contributed by atoms with Gasteiger partial charge in [-0.3, -0.25) is 9.59 Å². The molecule has 0 aliphatic carbocycles. The van der Waals surface area contributed by atoms with Crippen LogP contribution in [0.5, 0.6) is 0 Å². The molecule has 1 aromatic rings. The molecule has 0 unspecified atom stereocenters. The smallest absolute Gasteiger partial charge is 0.242 e. The van der Waals surface area contributed by atoms with Crippen LogP contribution in [0.1, 0.15) is 31.1 Å². The Kier molecular flexibility index (Phi) is 6.20. The van der Waals surface area contributed by atoms with Gasteiger partial charge in [0, 0.05) is 31.1 Å². The van der Waals surface area contributed by atoms with Crippen molar-refractivity contribution in [3.8, 4) is 0 Å². The van der Waals surface area contributed by atoms with E-state index >= 15 is 0 Å². The topological polar surface area (TPSA) is 58.6 Å². The van der Waals surface area contributed by atoms with Crippen LogP contribution in [-0.2, 0) is 20.9 Å². The molecular formula is C15H22N2O3S. The summed E-state index contributed by atoms with van der Waals surface area (Å²) in [5.74, 6) is 0.0202. The maximum Gasteiger partial charge on any atom is 0.242 e. The molecule has 116 valence electrons. The predicted molar refractivity (Wildman–Crippen MR) is 82.0 cm³/mol. The highest BCUT2D eigenvalue weighted by atomic mass is 32.1. The number of carbonyl (C=O) groups is 2. The minimum Gasteiger partial charge on any atom is -0.382 e. The van der Waals surface area contributed by atoms with Gasteiger partial charge < -0.3 is 15.0 Å². The van der Waals surface area contributed by atoms with E-state index in [1.807, 2.05) is 24.4 Å². The fraction of sp³-hybridized carbons (Fsp3) is 0.600. The first-order valence-electron chi connectivity index (χ1n) is 7.39. The van der Waals surface area contributed by atoms with Gasteiger partial charge in [-0.05, 0) is 31.2 Å².